The van der Waals surface area contributed by atoms with Gasteiger partial charge in [-0.15, -0.1) is 0 Å². The SMILES string of the molecule is Cc1ccc(-c2ccn(CC(C)CCC(C)C)n2)nc1. The third kappa shape index (κ3) is 4.19. The van der Waals surface area contributed by atoms with Crippen molar-refractivity contribution in [3.05, 3.63) is 36.2 Å². The molecule has 1 atom stereocenters. The molecule has 0 N–H and O–H groups in total. The molecule has 3 heteroatoms. The molecule has 0 saturated carbocycles. The molecule has 1 unspecified atom stereocenters. The maximum absolute atomic E-state index is 4.63. The van der Waals surface area contributed by atoms with Gasteiger partial charge in [0.05, 0.1) is 5.69 Å². The van der Waals surface area contributed by atoms with Crippen molar-refractivity contribution in [2.24, 2.45) is 11.8 Å². The molecule has 20 heavy (non-hydrogen) atoms. The molecule has 0 radical (unpaired) electrons. The minimum Gasteiger partial charge on any atom is -0.272 e. The Morgan fingerprint density at radius 3 is 2.50 bits per heavy atom. The first kappa shape index (κ1) is 14.8. The van der Waals surface area contributed by atoms with Gasteiger partial charge in [0.25, 0.3) is 0 Å². The van der Waals surface area contributed by atoms with Gasteiger partial charge in [-0.05, 0) is 42.9 Å². The van der Waals surface area contributed by atoms with Crippen molar-refractivity contribution in [1.82, 2.24) is 14.8 Å². The van der Waals surface area contributed by atoms with Crippen molar-refractivity contribution in [2.75, 3.05) is 0 Å². The molecule has 2 aromatic heterocycles. The van der Waals surface area contributed by atoms with Crippen molar-refractivity contribution in [1.29, 1.82) is 0 Å². The van der Waals surface area contributed by atoms with E-state index in [1.165, 1.54) is 18.4 Å². The number of nitrogens with zero attached hydrogens (tertiary/aromatic N) is 3. The van der Waals surface area contributed by atoms with E-state index in [9.17, 15) is 0 Å². The summed E-state index contributed by atoms with van der Waals surface area (Å²) in [6, 6.07) is 6.16. The predicted octanol–water partition coefficient (Wildman–Crippen LogP) is 4.33. The summed E-state index contributed by atoms with van der Waals surface area (Å²) in [5.74, 6) is 1.44. The van der Waals surface area contributed by atoms with Gasteiger partial charge in [-0.2, -0.15) is 5.10 Å². The van der Waals surface area contributed by atoms with Crippen LogP contribution in [0.5, 0.6) is 0 Å². The number of aryl methyl sites for hydroxylation is 1. The van der Waals surface area contributed by atoms with Gasteiger partial charge >= 0.3 is 0 Å². The third-order valence-corrected chi connectivity index (χ3v) is 3.55. The Labute approximate surface area is 122 Å². The first-order chi connectivity index (χ1) is 9.54. The van der Waals surface area contributed by atoms with Gasteiger partial charge in [-0.3, -0.25) is 9.67 Å². The van der Waals surface area contributed by atoms with E-state index >= 15 is 0 Å². The molecule has 0 amide bonds. The van der Waals surface area contributed by atoms with Gasteiger partial charge in [0, 0.05) is 18.9 Å². The Kier molecular flexibility index (Phi) is 4.94. The molecular weight excluding hydrogens is 246 g/mol. The summed E-state index contributed by atoms with van der Waals surface area (Å²) in [6.45, 7) is 9.89. The topological polar surface area (TPSA) is 30.7 Å². The molecule has 108 valence electrons. The summed E-state index contributed by atoms with van der Waals surface area (Å²) in [7, 11) is 0. The number of hydrogen-bond donors (Lipinski definition) is 0. The quantitative estimate of drug-likeness (QED) is 0.783. The number of rotatable bonds is 6. The highest BCUT2D eigenvalue weighted by Gasteiger charge is 2.08. The number of hydrogen-bond acceptors (Lipinski definition) is 2. The predicted molar refractivity (Wildman–Crippen MR) is 83.4 cm³/mol. The van der Waals surface area contributed by atoms with Gasteiger partial charge in [-0.1, -0.05) is 33.3 Å². The van der Waals surface area contributed by atoms with E-state index in [0.717, 1.165) is 23.9 Å². The maximum atomic E-state index is 4.63. The highest BCUT2D eigenvalue weighted by Crippen LogP contribution is 2.17. The van der Waals surface area contributed by atoms with Crippen LogP contribution in [0.25, 0.3) is 11.4 Å². The zero-order valence-corrected chi connectivity index (χ0v) is 13.0. The van der Waals surface area contributed by atoms with Crippen LogP contribution in [0.15, 0.2) is 30.6 Å². The Morgan fingerprint density at radius 2 is 1.85 bits per heavy atom. The van der Waals surface area contributed by atoms with E-state index in [0.29, 0.717) is 5.92 Å². The number of aromatic nitrogens is 3. The van der Waals surface area contributed by atoms with Gasteiger partial charge in [0.2, 0.25) is 0 Å². The summed E-state index contributed by atoms with van der Waals surface area (Å²) in [4.78, 5) is 4.42. The fourth-order valence-electron chi connectivity index (χ4n) is 2.25. The summed E-state index contributed by atoms with van der Waals surface area (Å²) < 4.78 is 2.04. The largest absolute Gasteiger partial charge is 0.272 e. The van der Waals surface area contributed by atoms with Crippen LogP contribution in [0.2, 0.25) is 0 Å². The third-order valence-electron chi connectivity index (χ3n) is 3.55. The molecule has 0 aliphatic heterocycles. The summed E-state index contributed by atoms with van der Waals surface area (Å²) in [5, 5.41) is 4.63. The molecule has 0 spiro atoms. The first-order valence-electron chi connectivity index (χ1n) is 7.51. The van der Waals surface area contributed by atoms with E-state index in [1.54, 1.807) is 0 Å². The van der Waals surface area contributed by atoms with Crippen LogP contribution in [-0.2, 0) is 6.54 Å². The lowest BCUT2D eigenvalue weighted by Crippen LogP contribution is -2.09. The average molecular weight is 271 g/mol. The van der Waals surface area contributed by atoms with E-state index in [1.807, 2.05) is 29.9 Å². The van der Waals surface area contributed by atoms with Crippen molar-refractivity contribution < 1.29 is 0 Å². The lowest BCUT2D eigenvalue weighted by atomic mass is 9.99. The fourth-order valence-corrected chi connectivity index (χ4v) is 2.25. The fraction of sp³-hybridized carbons (Fsp3) is 0.529. The van der Waals surface area contributed by atoms with Gasteiger partial charge < -0.3 is 0 Å². The normalized spacial score (nSPS) is 12.8. The van der Waals surface area contributed by atoms with Crippen LogP contribution in [0.4, 0.5) is 0 Å². The lowest BCUT2D eigenvalue weighted by Gasteiger charge is -2.12. The molecule has 0 saturated heterocycles. The molecule has 0 aliphatic carbocycles. The average Bonchev–Trinajstić information content (AvgIpc) is 2.85. The molecule has 0 bridgehead atoms. The second-order valence-corrected chi connectivity index (χ2v) is 6.22. The molecule has 0 fully saturated rings. The Bertz CT molecular complexity index is 525. The summed E-state index contributed by atoms with van der Waals surface area (Å²) in [5.41, 5.74) is 3.08. The van der Waals surface area contributed by atoms with Crippen molar-refractivity contribution in [3.8, 4) is 11.4 Å². The molecule has 2 rings (SSSR count). The molecule has 2 aromatic rings. The second kappa shape index (κ2) is 6.69. The summed E-state index contributed by atoms with van der Waals surface area (Å²) in [6.07, 6.45) is 6.49. The van der Waals surface area contributed by atoms with Gasteiger partial charge in [0.1, 0.15) is 5.69 Å². The molecule has 2 heterocycles. The lowest BCUT2D eigenvalue weighted by molar-refractivity contribution is 0.387. The highest BCUT2D eigenvalue weighted by molar-refractivity contribution is 5.53. The molecule has 3 nitrogen and oxygen atoms in total. The second-order valence-electron chi connectivity index (χ2n) is 6.22. The van der Waals surface area contributed by atoms with Crippen molar-refractivity contribution >= 4 is 0 Å². The van der Waals surface area contributed by atoms with Crippen LogP contribution in [0.1, 0.15) is 39.2 Å². The monoisotopic (exact) mass is 271 g/mol. The van der Waals surface area contributed by atoms with Crippen LogP contribution < -0.4 is 0 Å². The summed E-state index contributed by atoms with van der Waals surface area (Å²) >= 11 is 0. The van der Waals surface area contributed by atoms with Gasteiger partial charge in [0.15, 0.2) is 0 Å². The Hall–Kier alpha value is -1.64. The maximum Gasteiger partial charge on any atom is 0.111 e. The van der Waals surface area contributed by atoms with E-state index in [4.69, 9.17) is 0 Å². The molecule has 0 aliphatic rings. The smallest absolute Gasteiger partial charge is 0.111 e. The Morgan fingerprint density at radius 1 is 1.05 bits per heavy atom. The van der Waals surface area contributed by atoms with Crippen LogP contribution in [0, 0.1) is 18.8 Å². The van der Waals surface area contributed by atoms with Crippen LogP contribution in [-0.4, -0.2) is 14.8 Å². The standard InChI is InChI=1S/C17H25N3/c1-13(2)5-6-15(4)12-20-10-9-17(19-20)16-8-7-14(3)11-18-16/h7-11,13,15H,5-6,12H2,1-4H3. The van der Waals surface area contributed by atoms with E-state index in [-0.39, 0.29) is 0 Å². The minimum atomic E-state index is 0.663. The van der Waals surface area contributed by atoms with E-state index < -0.39 is 0 Å². The Balaban J connectivity index is 1.96. The van der Waals surface area contributed by atoms with Crippen molar-refractivity contribution in [3.63, 3.8) is 0 Å². The number of pyridine rings is 1. The van der Waals surface area contributed by atoms with Crippen LogP contribution >= 0.6 is 0 Å². The molecule has 0 aromatic carbocycles. The zero-order valence-electron chi connectivity index (χ0n) is 13.0. The van der Waals surface area contributed by atoms with Crippen molar-refractivity contribution in [2.45, 2.75) is 47.1 Å². The van der Waals surface area contributed by atoms with Gasteiger partial charge in [-0.25, -0.2) is 0 Å². The molecular formula is C17H25N3. The van der Waals surface area contributed by atoms with E-state index in [2.05, 4.69) is 43.1 Å². The first-order valence-corrected chi connectivity index (χ1v) is 7.51. The zero-order chi connectivity index (χ0) is 14.5. The van der Waals surface area contributed by atoms with Crippen LogP contribution in [0.3, 0.4) is 0 Å². The minimum absolute atomic E-state index is 0.663. The highest BCUT2D eigenvalue weighted by atomic mass is 15.3.